The van der Waals surface area contributed by atoms with Crippen LogP contribution < -0.4 is 5.32 Å². The molecule has 0 fully saturated rings. The summed E-state index contributed by atoms with van der Waals surface area (Å²) in [5.41, 5.74) is 0. The van der Waals surface area contributed by atoms with Gasteiger partial charge in [0.1, 0.15) is 0 Å². The molecule has 18 heavy (non-hydrogen) atoms. The molecular formula is C13H26N2O3. The first kappa shape index (κ1) is 16.7. The first-order valence-corrected chi connectivity index (χ1v) is 6.54. The third-order valence-electron chi connectivity index (χ3n) is 3.38. The first-order chi connectivity index (χ1) is 8.31. The van der Waals surface area contributed by atoms with E-state index in [0.29, 0.717) is 12.3 Å². The number of carboxylic acid groups (broad SMARTS) is 1. The van der Waals surface area contributed by atoms with Gasteiger partial charge in [-0.3, -0.25) is 4.79 Å². The van der Waals surface area contributed by atoms with Crippen LogP contribution in [0.1, 0.15) is 40.5 Å². The highest BCUT2D eigenvalue weighted by atomic mass is 16.4. The molecule has 0 aromatic rings. The van der Waals surface area contributed by atoms with Crippen LogP contribution in [0.5, 0.6) is 0 Å². The smallest absolute Gasteiger partial charge is 0.317 e. The largest absolute Gasteiger partial charge is 0.481 e. The van der Waals surface area contributed by atoms with Crippen molar-refractivity contribution in [1.29, 1.82) is 0 Å². The molecule has 0 saturated carbocycles. The number of hydrogen-bond donors (Lipinski definition) is 2. The lowest BCUT2D eigenvalue weighted by Crippen LogP contribution is -2.46. The normalized spacial score (nSPS) is 14.1. The van der Waals surface area contributed by atoms with Gasteiger partial charge in [0, 0.05) is 19.6 Å². The fraction of sp³-hybridized carbons (Fsp3) is 0.846. The van der Waals surface area contributed by atoms with Crippen LogP contribution >= 0.6 is 0 Å². The molecule has 0 aliphatic rings. The van der Waals surface area contributed by atoms with Crippen LogP contribution in [0.25, 0.3) is 0 Å². The molecule has 5 heteroatoms. The van der Waals surface area contributed by atoms with Gasteiger partial charge >= 0.3 is 12.0 Å². The quantitative estimate of drug-likeness (QED) is 0.735. The highest BCUT2D eigenvalue weighted by Crippen LogP contribution is 2.09. The summed E-state index contributed by atoms with van der Waals surface area (Å²) in [7, 11) is 1.73. The van der Waals surface area contributed by atoms with Gasteiger partial charge in [0.2, 0.25) is 0 Å². The first-order valence-electron chi connectivity index (χ1n) is 6.54. The summed E-state index contributed by atoms with van der Waals surface area (Å²) in [6.45, 7) is 8.20. The molecular weight excluding hydrogens is 232 g/mol. The number of nitrogens with one attached hydrogen (secondary N) is 1. The third-order valence-corrected chi connectivity index (χ3v) is 3.38. The summed E-state index contributed by atoms with van der Waals surface area (Å²) in [6, 6.07) is -0.0852. The molecule has 0 aliphatic heterocycles. The van der Waals surface area contributed by atoms with E-state index in [-0.39, 0.29) is 18.6 Å². The highest BCUT2D eigenvalue weighted by Gasteiger charge is 2.21. The highest BCUT2D eigenvalue weighted by molar-refractivity contribution is 5.76. The van der Waals surface area contributed by atoms with E-state index in [1.807, 2.05) is 27.7 Å². The number of urea groups is 1. The van der Waals surface area contributed by atoms with E-state index < -0.39 is 11.9 Å². The number of carboxylic acids is 1. The Morgan fingerprint density at radius 3 is 2.22 bits per heavy atom. The Morgan fingerprint density at radius 1 is 1.28 bits per heavy atom. The Hall–Kier alpha value is -1.26. The van der Waals surface area contributed by atoms with Crippen molar-refractivity contribution in [2.24, 2.45) is 11.8 Å². The zero-order valence-corrected chi connectivity index (χ0v) is 12.1. The van der Waals surface area contributed by atoms with Crippen molar-refractivity contribution in [3.8, 4) is 0 Å². The molecule has 106 valence electrons. The van der Waals surface area contributed by atoms with Gasteiger partial charge in [-0.15, -0.1) is 0 Å². The van der Waals surface area contributed by atoms with Gasteiger partial charge in [0.15, 0.2) is 0 Å². The van der Waals surface area contributed by atoms with Crippen LogP contribution in [0.4, 0.5) is 4.79 Å². The molecule has 0 aliphatic carbocycles. The Morgan fingerprint density at radius 2 is 1.83 bits per heavy atom. The topological polar surface area (TPSA) is 69.6 Å². The summed E-state index contributed by atoms with van der Waals surface area (Å²) in [5, 5.41) is 11.7. The summed E-state index contributed by atoms with van der Waals surface area (Å²) in [6.07, 6.45) is 1.38. The molecule has 0 radical (unpaired) electrons. The molecule has 0 heterocycles. The number of carbonyl (C=O) groups excluding carboxylic acids is 1. The molecule has 5 nitrogen and oxygen atoms in total. The van der Waals surface area contributed by atoms with Crippen molar-refractivity contribution in [3.05, 3.63) is 0 Å². The van der Waals surface area contributed by atoms with E-state index in [1.165, 1.54) is 0 Å². The summed E-state index contributed by atoms with van der Waals surface area (Å²) < 4.78 is 0. The van der Waals surface area contributed by atoms with Gasteiger partial charge in [-0.25, -0.2) is 4.79 Å². The van der Waals surface area contributed by atoms with Crippen molar-refractivity contribution in [1.82, 2.24) is 10.2 Å². The molecule has 0 saturated heterocycles. The SMILES string of the molecule is CCCC(CNC(=O)N(C)C(C)C(C)C)C(=O)O. The maximum absolute atomic E-state index is 11.8. The number of aliphatic carboxylic acids is 1. The predicted octanol–water partition coefficient (Wildman–Crippen LogP) is 2.17. The fourth-order valence-corrected chi connectivity index (χ4v) is 1.63. The van der Waals surface area contributed by atoms with Gasteiger partial charge in [-0.2, -0.15) is 0 Å². The second-order valence-corrected chi connectivity index (χ2v) is 5.11. The van der Waals surface area contributed by atoms with E-state index in [0.717, 1.165) is 6.42 Å². The molecule has 2 atom stereocenters. The van der Waals surface area contributed by atoms with Crippen LogP contribution in [0.15, 0.2) is 0 Å². The van der Waals surface area contributed by atoms with Gasteiger partial charge in [0.25, 0.3) is 0 Å². The van der Waals surface area contributed by atoms with Gasteiger partial charge in [-0.05, 0) is 19.3 Å². The maximum atomic E-state index is 11.8. The molecule has 0 aromatic heterocycles. The van der Waals surface area contributed by atoms with Crippen LogP contribution in [0.2, 0.25) is 0 Å². The average Bonchev–Trinajstić information content (AvgIpc) is 2.31. The van der Waals surface area contributed by atoms with E-state index in [9.17, 15) is 9.59 Å². The molecule has 2 amide bonds. The zero-order chi connectivity index (χ0) is 14.3. The standard InChI is InChI=1S/C13H26N2O3/c1-6-7-11(12(16)17)8-14-13(18)15(5)10(4)9(2)3/h9-11H,6-8H2,1-5H3,(H,14,18)(H,16,17). The minimum absolute atomic E-state index is 0.124. The average molecular weight is 258 g/mol. The molecule has 2 unspecified atom stereocenters. The lowest BCUT2D eigenvalue weighted by molar-refractivity contribution is -0.141. The summed E-state index contributed by atoms with van der Waals surface area (Å²) >= 11 is 0. The summed E-state index contributed by atoms with van der Waals surface area (Å²) in [5.74, 6) is -0.981. The van der Waals surface area contributed by atoms with E-state index in [4.69, 9.17) is 5.11 Å². The third kappa shape index (κ3) is 5.38. The number of amides is 2. The van der Waals surface area contributed by atoms with Gasteiger partial charge in [0.05, 0.1) is 5.92 Å². The van der Waals surface area contributed by atoms with E-state index in [1.54, 1.807) is 11.9 Å². The van der Waals surface area contributed by atoms with Crippen molar-refractivity contribution in [3.63, 3.8) is 0 Å². The van der Waals surface area contributed by atoms with Gasteiger partial charge in [-0.1, -0.05) is 27.2 Å². The van der Waals surface area contributed by atoms with Gasteiger partial charge < -0.3 is 15.3 Å². The lowest BCUT2D eigenvalue weighted by atomic mass is 10.0. The number of nitrogens with zero attached hydrogens (tertiary/aromatic N) is 1. The number of carbonyl (C=O) groups is 2. The molecule has 0 spiro atoms. The van der Waals surface area contributed by atoms with Crippen LogP contribution in [0.3, 0.4) is 0 Å². The Balaban J connectivity index is 4.27. The monoisotopic (exact) mass is 258 g/mol. The van der Waals surface area contributed by atoms with Crippen molar-refractivity contribution >= 4 is 12.0 Å². The van der Waals surface area contributed by atoms with Crippen LogP contribution in [0, 0.1) is 11.8 Å². The second-order valence-electron chi connectivity index (χ2n) is 5.11. The van der Waals surface area contributed by atoms with Crippen LogP contribution in [-0.4, -0.2) is 41.6 Å². The lowest BCUT2D eigenvalue weighted by Gasteiger charge is -2.28. The molecule has 0 aromatic carbocycles. The molecule has 0 bridgehead atoms. The van der Waals surface area contributed by atoms with Crippen LogP contribution in [-0.2, 0) is 4.79 Å². The second kappa shape index (κ2) is 7.95. The zero-order valence-electron chi connectivity index (χ0n) is 12.1. The number of rotatable bonds is 7. The minimum atomic E-state index is -0.850. The maximum Gasteiger partial charge on any atom is 0.317 e. The Kier molecular flexibility index (Phi) is 7.39. The Bertz CT molecular complexity index is 279. The molecule has 0 rings (SSSR count). The van der Waals surface area contributed by atoms with Crippen molar-refractivity contribution in [2.45, 2.75) is 46.6 Å². The van der Waals surface area contributed by atoms with E-state index in [2.05, 4.69) is 5.32 Å². The summed E-state index contributed by atoms with van der Waals surface area (Å²) in [4.78, 5) is 24.4. The Labute approximate surface area is 110 Å². The minimum Gasteiger partial charge on any atom is -0.481 e. The van der Waals surface area contributed by atoms with E-state index >= 15 is 0 Å². The predicted molar refractivity (Wildman–Crippen MR) is 71.5 cm³/mol. The number of hydrogen-bond acceptors (Lipinski definition) is 2. The fourth-order valence-electron chi connectivity index (χ4n) is 1.63. The molecule has 2 N–H and O–H groups in total. The van der Waals surface area contributed by atoms with Crippen molar-refractivity contribution in [2.75, 3.05) is 13.6 Å². The van der Waals surface area contributed by atoms with Crippen molar-refractivity contribution < 1.29 is 14.7 Å².